The molecule has 4 nitrogen and oxygen atoms in total. The number of carbonyl (C=O) groups is 1. The Bertz CT molecular complexity index is 625. The summed E-state index contributed by atoms with van der Waals surface area (Å²) in [4.78, 5) is 14.4. The molecule has 6 heteroatoms. The Labute approximate surface area is 121 Å². The molecule has 20 heavy (non-hydrogen) atoms. The molecule has 0 N–H and O–H groups in total. The quantitative estimate of drug-likeness (QED) is 0.795. The van der Waals surface area contributed by atoms with Crippen LogP contribution in [-0.2, 0) is 6.54 Å². The Kier molecular flexibility index (Phi) is 4.52. The highest BCUT2D eigenvalue weighted by molar-refractivity contribution is 6.34. The van der Waals surface area contributed by atoms with Gasteiger partial charge in [-0.15, -0.1) is 0 Å². The first-order valence-corrected chi connectivity index (χ1v) is 6.53. The zero-order chi connectivity index (χ0) is 14.7. The van der Waals surface area contributed by atoms with Crippen LogP contribution in [0.25, 0.3) is 0 Å². The lowest BCUT2D eigenvalue weighted by atomic mass is 10.1. The molecule has 0 unspecified atom stereocenters. The molecule has 106 valence electrons. The van der Waals surface area contributed by atoms with Crippen molar-refractivity contribution in [2.75, 3.05) is 20.6 Å². The summed E-state index contributed by atoms with van der Waals surface area (Å²) in [7, 11) is 3.84. The summed E-state index contributed by atoms with van der Waals surface area (Å²) in [6, 6.07) is 5.85. The molecule has 0 fully saturated rings. The van der Waals surface area contributed by atoms with Crippen LogP contribution in [0.2, 0.25) is 5.02 Å². The highest BCUT2D eigenvalue weighted by Crippen LogP contribution is 2.20. The number of carbonyl (C=O) groups excluding carboxylic acids is 1. The van der Waals surface area contributed by atoms with Crippen LogP contribution in [0.5, 0.6) is 0 Å². The van der Waals surface area contributed by atoms with Crippen LogP contribution in [-0.4, -0.2) is 41.1 Å². The minimum absolute atomic E-state index is 0.000929. The molecule has 1 aromatic heterocycles. The van der Waals surface area contributed by atoms with Crippen LogP contribution >= 0.6 is 11.6 Å². The second-order valence-electron chi connectivity index (χ2n) is 4.68. The third kappa shape index (κ3) is 3.05. The SMILES string of the molecule is CN(C)CCn1ncc(Cl)c1C(=O)c1ccccc1F. The van der Waals surface area contributed by atoms with Crippen molar-refractivity contribution in [3.63, 3.8) is 0 Å². The number of likely N-dealkylation sites (N-methyl/N-ethyl adjacent to an activating group) is 1. The van der Waals surface area contributed by atoms with Crippen molar-refractivity contribution in [1.29, 1.82) is 0 Å². The molecule has 0 bridgehead atoms. The summed E-state index contributed by atoms with van der Waals surface area (Å²) in [6.07, 6.45) is 1.41. The summed E-state index contributed by atoms with van der Waals surface area (Å²) in [6.45, 7) is 1.21. The van der Waals surface area contributed by atoms with Gasteiger partial charge in [-0.1, -0.05) is 23.7 Å². The third-order valence-electron chi connectivity index (χ3n) is 2.89. The van der Waals surface area contributed by atoms with Gasteiger partial charge in [0.15, 0.2) is 0 Å². The van der Waals surface area contributed by atoms with Gasteiger partial charge < -0.3 is 4.90 Å². The van der Waals surface area contributed by atoms with Gasteiger partial charge in [0.2, 0.25) is 5.78 Å². The van der Waals surface area contributed by atoms with E-state index in [2.05, 4.69) is 5.10 Å². The number of hydrogen-bond donors (Lipinski definition) is 0. The number of rotatable bonds is 5. The Morgan fingerprint density at radius 3 is 2.75 bits per heavy atom. The van der Waals surface area contributed by atoms with E-state index in [4.69, 9.17) is 11.6 Å². The highest BCUT2D eigenvalue weighted by Gasteiger charge is 2.21. The summed E-state index contributed by atoms with van der Waals surface area (Å²) >= 11 is 6.02. The first-order valence-electron chi connectivity index (χ1n) is 6.16. The van der Waals surface area contributed by atoms with Crippen molar-refractivity contribution in [3.8, 4) is 0 Å². The number of benzene rings is 1. The van der Waals surface area contributed by atoms with Gasteiger partial charge in [-0.3, -0.25) is 9.48 Å². The standard InChI is InChI=1S/C14H15ClFN3O/c1-18(2)7-8-19-13(11(15)9-17-19)14(20)10-5-3-4-6-12(10)16/h3-6,9H,7-8H2,1-2H3. The van der Waals surface area contributed by atoms with E-state index in [1.54, 1.807) is 6.07 Å². The second-order valence-corrected chi connectivity index (χ2v) is 5.08. The van der Waals surface area contributed by atoms with Crippen molar-refractivity contribution in [3.05, 3.63) is 52.6 Å². The number of hydrogen-bond acceptors (Lipinski definition) is 3. The van der Waals surface area contributed by atoms with Gasteiger partial charge >= 0.3 is 0 Å². The molecule has 0 atom stereocenters. The van der Waals surface area contributed by atoms with E-state index in [1.807, 2.05) is 19.0 Å². The average molecular weight is 296 g/mol. The van der Waals surface area contributed by atoms with Crippen LogP contribution in [0.4, 0.5) is 4.39 Å². The minimum atomic E-state index is -0.561. The fraction of sp³-hybridized carbons (Fsp3) is 0.286. The van der Waals surface area contributed by atoms with Gasteiger partial charge in [-0.05, 0) is 26.2 Å². The number of nitrogens with zero attached hydrogens (tertiary/aromatic N) is 3. The zero-order valence-corrected chi connectivity index (χ0v) is 12.1. The molecular formula is C14H15ClFN3O. The van der Waals surface area contributed by atoms with E-state index in [9.17, 15) is 9.18 Å². The Morgan fingerprint density at radius 2 is 2.10 bits per heavy atom. The van der Waals surface area contributed by atoms with E-state index in [-0.39, 0.29) is 16.3 Å². The maximum absolute atomic E-state index is 13.7. The predicted octanol–water partition coefficient (Wildman–Crippen LogP) is 2.47. The van der Waals surface area contributed by atoms with Crippen molar-refractivity contribution >= 4 is 17.4 Å². The van der Waals surface area contributed by atoms with Crippen molar-refractivity contribution in [1.82, 2.24) is 14.7 Å². The van der Waals surface area contributed by atoms with E-state index in [0.717, 1.165) is 0 Å². The fourth-order valence-corrected chi connectivity index (χ4v) is 2.05. The monoisotopic (exact) mass is 295 g/mol. The topological polar surface area (TPSA) is 38.1 Å². The molecule has 0 aliphatic heterocycles. The smallest absolute Gasteiger partial charge is 0.215 e. The molecule has 2 aromatic rings. The molecule has 2 rings (SSSR count). The summed E-state index contributed by atoms with van der Waals surface area (Å²) < 4.78 is 15.2. The van der Waals surface area contributed by atoms with Crippen molar-refractivity contribution < 1.29 is 9.18 Å². The van der Waals surface area contributed by atoms with Gasteiger partial charge in [0.05, 0.1) is 23.3 Å². The largest absolute Gasteiger partial charge is 0.308 e. The molecule has 0 aliphatic carbocycles. The molecule has 1 aromatic carbocycles. The molecule has 0 aliphatic rings. The molecule has 1 heterocycles. The van der Waals surface area contributed by atoms with Gasteiger partial charge in [0, 0.05) is 6.54 Å². The predicted molar refractivity (Wildman–Crippen MR) is 75.6 cm³/mol. The number of ketones is 1. The summed E-state index contributed by atoms with van der Waals surface area (Å²) in [5.41, 5.74) is 0.222. The van der Waals surface area contributed by atoms with Crippen molar-refractivity contribution in [2.45, 2.75) is 6.54 Å². The number of halogens is 2. The Hall–Kier alpha value is -1.72. The third-order valence-corrected chi connectivity index (χ3v) is 3.16. The molecule has 0 amide bonds. The minimum Gasteiger partial charge on any atom is -0.308 e. The van der Waals surface area contributed by atoms with Crippen molar-refractivity contribution in [2.24, 2.45) is 0 Å². The molecule has 0 radical (unpaired) electrons. The second kappa shape index (κ2) is 6.15. The van der Waals surface area contributed by atoms with E-state index >= 15 is 0 Å². The Balaban J connectivity index is 2.35. The first-order chi connectivity index (χ1) is 9.50. The van der Waals surface area contributed by atoms with Crippen LogP contribution in [0, 0.1) is 5.82 Å². The molecular weight excluding hydrogens is 281 g/mol. The van der Waals surface area contributed by atoms with Crippen LogP contribution in [0.3, 0.4) is 0 Å². The van der Waals surface area contributed by atoms with E-state index in [0.29, 0.717) is 13.1 Å². The lowest BCUT2D eigenvalue weighted by Crippen LogP contribution is -2.22. The van der Waals surface area contributed by atoms with Crippen LogP contribution in [0.1, 0.15) is 16.1 Å². The van der Waals surface area contributed by atoms with Crippen LogP contribution in [0.15, 0.2) is 30.5 Å². The summed E-state index contributed by atoms with van der Waals surface area (Å²) in [5, 5.41) is 4.31. The van der Waals surface area contributed by atoms with E-state index < -0.39 is 11.6 Å². The zero-order valence-electron chi connectivity index (χ0n) is 11.3. The van der Waals surface area contributed by atoms with Gasteiger partial charge in [0.25, 0.3) is 0 Å². The van der Waals surface area contributed by atoms with Gasteiger partial charge in [0.1, 0.15) is 11.5 Å². The normalized spacial score (nSPS) is 11.1. The van der Waals surface area contributed by atoms with Gasteiger partial charge in [-0.2, -0.15) is 5.10 Å². The maximum Gasteiger partial charge on any atom is 0.215 e. The first kappa shape index (κ1) is 14.7. The fourth-order valence-electron chi connectivity index (χ4n) is 1.83. The van der Waals surface area contributed by atoms with Crippen LogP contribution < -0.4 is 0 Å². The van der Waals surface area contributed by atoms with E-state index in [1.165, 1.54) is 29.1 Å². The molecule has 0 saturated carbocycles. The average Bonchev–Trinajstić information content (AvgIpc) is 2.77. The highest BCUT2D eigenvalue weighted by atomic mass is 35.5. The molecule has 0 saturated heterocycles. The lowest BCUT2D eigenvalue weighted by molar-refractivity contribution is 0.102. The molecule has 0 spiro atoms. The maximum atomic E-state index is 13.7. The van der Waals surface area contributed by atoms with Gasteiger partial charge in [-0.25, -0.2) is 4.39 Å². The lowest BCUT2D eigenvalue weighted by Gasteiger charge is -2.12. The number of aromatic nitrogens is 2. The Morgan fingerprint density at radius 1 is 1.40 bits per heavy atom. The summed E-state index contributed by atoms with van der Waals surface area (Å²) in [5.74, 6) is -1.02.